The van der Waals surface area contributed by atoms with Crippen LogP contribution in [0.5, 0.6) is 5.75 Å². The van der Waals surface area contributed by atoms with E-state index in [4.69, 9.17) is 5.11 Å². The van der Waals surface area contributed by atoms with Gasteiger partial charge in [0, 0.05) is 18.4 Å². The molecule has 0 aliphatic carbocycles. The van der Waals surface area contributed by atoms with Gasteiger partial charge in [0.15, 0.2) is 0 Å². The van der Waals surface area contributed by atoms with Crippen molar-refractivity contribution < 1.29 is 24.6 Å². The smallest absolute Gasteiger partial charge is 0.336 e. The first-order valence-electron chi connectivity index (χ1n) is 9.69. The van der Waals surface area contributed by atoms with Crippen LogP contribution in [-0.4, -0.2) is 34.2 Å². The monoisotopic (exact) mass is 411 g/mol. The van der Waals surface area contributed by atoms with Crippen LogP contribution in [0.1, 0.15) is 54.4 Å². The molecule has 2 amide bonds. The quantitative estimate of drug-likeness (QED) is 0.195. The van der Waals surface area contributed by atoms with Gasteiger partial charge in [-0.3, -0.25) is 9.59 Å². The Hall–Kier alpha value is -3.68. The topological polar surface area (TPSA) is 128 Å². The van der Waals surface area contributed by atoms with Crippen molar-refractivity contribution in [1.29, 1.82) is 0 Å². The normalized spacial score (nSPS) is 10.7. The first kappa shape index (κ1) is 22.6. The largest absolute Gasteiger partial charge is 0.506 e. The van der Waals surface area contributed by atoms with Crippen molar-refractivity contribution in [3.05, 3.63) is 59.7 Å². The molecular formula is C22H25N3O5. The number of hydrogen-bond donors (Lipinski definition) is 4. The van der Waals surface area contributed by atoms with E-state index in [1.165, 1.54) is 18.3 Å². The Morgan fingerprint density at radius 2 is 1.50 bits per heavy atom. The predicted molar refractivity (Wildman–Crippen MR) is 114 cm³/mol. The third-order valence-corrected chi connectivity index (χ3v) is 4.32. The van der Waals surface area contributed by atoms with Gasteiger partial charge in [-0.05, 0) is 31.0 Å². The van der Waals surface area contributed by atoms with Gasteiger partial charge >= 0.3 is 5.97 Å². The number of hydrazone groups is 1. The fourth-order valence-corrected chi connectivity index (χ4v) is 2.75. The van der Waals surface area contributed by atoms with Gasteiger partial charge in [-0.25, -0.2) is 10.2 Å². The lowest BCUT2D eigenvalue weighted by Gasteiger charge is -2.06. The van der Waals surface area contributed by atoms with Gasteiger partial charge < -0.3 is 15.5 Å². The van der Waals surface area contributed by atoms with Crippen molar-refractivity contribution in [2.45, 2.75) is 38.5 Å². The number of carboxylic acid groups (broad SMARTS) is 1. The number of benzene rings is 2. The van der Waals surface area contributed by atoms with Gasteiger partial charge in [-0.2, -0.15) is 5.10 Å². The van der Waals surface area contributed by atoms with Crippen LogP contribution < -0.4 is 10.7 Å². The van der Waals surface area contributed by atoms with Gasteiger partial charge in [0.1, 0.15) is 5.75 Å². The van der Waals surface area contributed by atoms with Crippen LogP contribution in [0.4, 0.5) is 5.69 Å². The lowest BCUT2D eigenvalue weighted by Crippen LogP contribution is -2.17. The van der Waals surface area contributed by atoms with Gasteiger partial charge in [-0.1, -0.05) is 43.2 Å². The van der Waals surface area contributed by atoms with E-state index in [0.29, 0.717) is 36.9 Å². The number of phenols is 1. The second-order valence-electron chi connectivity index (χ2n) is 6.67. The highest BCUT2D eigenvalue weighted by molar-refractivity contribution is 5.98. The molecule has 0 heterocycles. The highest BCUT2D eigenvalue weighted by Crippen LogP contribution is 2.21. The van der Waals surface area contributed by atoms with E-state index >= 15 is 0 Å². The fraction of sp³-hybridized carbons (Fsp3) is 0.273. The number of hydrogen-bond acceptors (Lipinski definition) is 5. The van der Waals surface area contributed by atoms with Crippen molar-refractivity contribution in [1.82, 2.24) is 5.43 Å². The van der Waals surface area contributed by atoms with Crippen LogP contribution in [0.2, 0.25) is 0 Å². The van der Waals surface area contributed by atoms with Crippen molar-refractivity contribution >= 4 is 29.7 Å². The summed E-state index contributed by atoms with van der Waals surface area (Å²) in [6, 6.07) is 12.9. The molecule has 0 aromatic heterocycles. The van der Waals surface area contributed by atoms with Crippen LogP contribution in [0.25, 0.3) is 0 Å². The highest BCUT2D eigenvalue weighted by Gasteiger charge is 2.07. The maximum Gasteiger partial charge on any atom is 0.336 e. The van der Waals surface area contributed by atoms with Gasteiger partial charge in [0.25, 0.3) is 0 Å². The number of unbranched alkanes of at least 4 members (excludes halogenated alkanes) is 3. The number of carboxylic acids is 1. The minimum absolute atomic E-state index is 0.0333. The molecule has 0 aliphatic heterocycles. The Morgan fingerprint density at radius 3 is 2.20 bits per heavy atom. The summed E-state index contributed by atoms with van der Waals surface area (Å²) in [5.74, 6) is -1.44. The summed E-state index contributed by atoms with van der Waals surface area (Å²) in [5, 5.41) is 25.2. The van der Waals surface area contributed by atoms with Crippen LogP contribution >= 0.6 is 0 Å². The molecule has 158 valence electrons. The Bertz CT molecular complexity index is 911. The van der Waals surface area contributed by atoms with Gasteiger partial charge in [-0.15, -0.1) is 0 Å². The molecule has 2 aromatic rings. The zero-order valence-electron chi connectivity index (χ0n) is 16.5. The average Bonchev–Trinajstić information content (AvgIpc) is 2.72. The Morgan fingerprint density at radius 1 is 0.867 bits per heavy atom. The van der Waals surface area contributed by atoms with Gasteiger partial charge in [0.2, 0.25) is 11.8 Å². The highest BCUT2D eigenvalue weighted by atomic mass is 16.4. The molecule has 0 saturated heterocycles. The molecule has 0 bridgehead atoms. The number of amides is 2. The summed E-state index contributed by atoms with van der Waals surface area (Å²) in [6.07, 6.45) is 4.89. The van der Waals surface area contributed by atoms with E-state index in [-0.39, 0.29) is 23.1 Å². The molecule has 4 N–H and O–H groups in total. The molecule has 0 fully saturated rings. The van der Waals surface area contributed by atoms with E-state index in [9.17, 15) is 19.5 Å². The number of anilines is 1. The van der Waals surface area contributed by atoms with E-state index < -0.39 is 5.97 Å². The van der Waals surface area contributed by atoms with Crippen LogP contribution in [0.3, 0.4) is 0 Å². The fourth-order valence-electron chi connectivity index (χ4n) is 2.75. The molecule has 30 heavy (non-hydrogen) atoms. The summed E-state index contributed by atoms with van der Waals surface area (Å²) in [5.41, 5.74) is 3.31. The summed E-state index contributed by atoms with van der Waals surface area (Å²) in [7, 11) is 0. The maximum atomic E-state index is 11.9. The number of aromatic hydroxyl groups is 1. The van der Waals surface area contributed by atoms with Crippen molar-refractivity contribution in [2.75, 3.05) is 5.32 Å². The Balaban J connectivity index is 1.59. The molecule has 0 spiro atoms. The average molecular weight is 411 g/mol. The van der Waals surface area contributed by atoms with Crippen molar-refractivity contribution in [3.8, 4) is 5.75 Å². The molecule has 0 radical (unpaired) electrons. The van der Waals surface area contributed by atoms with E-state index in [0.717, 1.165) is 12.8 Å². The van der Waals surface area contributed by atoms with Crippen LogP contribution in [-0.2, 0) is 9.59 Å². The van der Waals surface area contributed by atoms with E-state index in [2.05, 4.69) is 15.8 Å². The lowest BCUT2D eigenvalue weighted by molar-refractivity contribution is -0.121. The van der Waals surface area contributed by atoms with E-state index in [1.807, 2.05) is 0 Å². The SMILES string of the molecule is O=C(CCCCCCC(=O)Nc1ccccc1O)N/N=C/c1ccccc1C(=O)O. The van der Waals surface area contributed by atoms with Crippen LogP contribution in [0, 0.1) is 0 Å². The summed E-state index contributed by atoms with van der Waals surface area (Å²) in [6.45, 7) is 0. The molecule has 0 saturated carbocycles. The number of nitrogens with one attached hydrogen (secondary N) is 2. The third kappa shape index (κ3) is 7.75. The number of aromatic carboxylic acids is 1. The molecular weight excluding hydrogens is 386 g/mol. The van der Waals surface area contributed by atoms with Crippen LogP contribution in [0.15, 0.2) is 53.6 Å². The molecule has 0 atom stereocenters. The maximum absolute atomic E-state index is 11.9. The number of para-hydroxylation sites is 2. The number of nitrogens with zero attached hydrogens (tertiary/aromatic N) is 1. The first-order chi connectivity index (χ1) is 14.5. The molecule has 8 heteroatoms. The summed E-state index contributed by atoms with van der Waals surface area (Å²) >= 11 is 0. The zero-order chi connectivity index (χ0) is 21.8. The molecule has 2 aromatic carbocycles. The predicted octanol–water partition coefficient (Wildman–Crippen LogP) is 3.52. The van der Waals surface area contributed by atoms with E-state index in [1.54, 1.807) is 36.4 Å². The molecule has 8 nitrogen and oxygen atoms in total. The number of carbonyl (C=O) groups excluding carboxylic acids is 2. The molecule has 2 rings (SSSR count). The minimum atomic E-state index is -1.06. The van der Waals surface area contributed by atoms with Gasteiger partial charge in [0.05, 0.1) is 17.5 Å². The summed E-state index contributed by atoms with van der Waals surface area (Å²) in [4.78, 5) is 34.8. The third-order valence-electron chi connectivity index (χ3n) is 4.32. The number of rotatable bonds is 11. The zero-order valence-corrected chi connectivity index (χ0v) is 16.5. The number of carbonyl (C=O) groups is 3. The summed E-state index contributed by atoms with van der Waals surface area (Å²) < 4.78 is 0. The number of phenolic OH excluding ortho intramolecular Hbond substituents is 1. The molecule has 0 aliphatic rings. The standard InChI is InChI=1S/C22H25N3O5/c26-19-12-8-7-11-18(19)24-20(27)13-3-1-2-4-14-21(28)25-23-15-16-9-5-6-10-17(16)22(29)30/h5-12,15,26H,1-4,13-14H2,(H,24,27)(H,25,28)(H,29,30)/b23-15+. The second-order valence-corrected chi connectivity index (χ2v) is 6.67. The second kappa shape index (κ2) is 12.0. The van der Waals surface area contributed by atoms with Crippen molar-refractivity contribution in [3.63, 3.8) is 0 Å². The Labute approximate surface area is 174 Å². The first-order valence-corrected chi connectivity index (χ1v) is 9.69. The van der Waals surface area contributed by atoms with Crippen molar-refractivity contribution in [2.24, 2.45) is 5.10 Å². The molecule has 0 unspecified atom stereocenters. The minimum Gasteiger partial charge on any atom is -0.506 e. The Kier molecular flexibility index (Phi) is 9.05. The lowest BCUT2D eigenvalue weighted by atomic mass is 10.1.